The van der Waals surface area contributed by atoms with Gasteiger partial charge in [0, 0.05) is 12.7 Å². The summed E-state index contributed by atoms with van der Waals surface area (Å²) in [6.45, 7) is 0.211. The number of benzene rings is 2. The number of aromatic nitrogens is 1. The van der Waals surface area contributed by atoms with Gasteiger partial charge in [-0.25, -0.2) is 9.37 Å². The maximum absolute atomic E-state index is 13.3. The van der Waals surface area contributed by atoms with Crippen molar-refractivity contribution in [2.24, 2.45) is 5.92 Å². The second kappa shape index (κ2) is 11.6. The van der Waals surface area contributed by atoms with Crippen molar-refractivity contribution in [3.8, 4) is 11.1 Å². The van der Waals surface area contributed by atoms with Crippen LogP contribution in [0.5, 0.6) is 0 Å². The molecule has 3 aromatic rings. The van der Waals surface area contributed by atoms with Crippen LogP contribution in [0.4, 0.5) is 10.2 Å². The second-order valence-corrected chi connectivity index (χ2v) is 8.81. The topological polar surface area (TPSA) is 80.3 Å². The molecule has 1 atom stereocenters. The molecule has 0 saturated heterocycles. The molecule has 6 nitrogen and oxygen atoms in total. The zero-order chi connectivity index (χ0) is 24.6. The lowest BCUT2D eigenvalue weighted by molar-refractivity contribution is -0.140. The summed E-state index contributed by atoms with van der Waals surface area (Å²) >= 11 is 0. The summed E-state index contributed by atoms with van der Waals surface area (Å²) in [5.41, 5.74) is 3.63. The van der Waals surface area contributed by atoms with Gasteiger partial charge in [-0.1, -0.05) is 49.2 Å². The Balaban J connectivity index is 1.45. The lowest BCUT2D eigenvalue weighted by atomic mass is 9.90. The van der Waals surface area contributed by atoms with E-state index in [1.807, 2.05) is 6.07 Å². The van der Waals surface area contributed by atoms with Gasteiger partial charge in [-0.15, -0.1) is 0 Å². The summed E-state index contributed by atoms with van der Waals surface area (Å²) in [7, 11) is 1.32. The molecule has 1 fully saturated rings. The molecule has 1 aliphatic carbocycles. The SMILES string of the molecule is COC(=O)CCNC(=O)c1ccc(N[C@@H](c2ccc(-c3ccc(F)cc3)cc2)C2CCCC2)nc1. The first kappa shape index (κ1) is 24.4. The summed E-state index contributed by atoms with van der Waals surface area (Å²) in [4.78, 5) is 28.0. The Morgan fingerprint density at radius 3 is 2.26 bits per heavy atom. The molecule has 2 aromatic carbocycles. The number of esters is 1. The van der Waals surface area contributed by atoms with Crippen LogP contribution in [0.1, 0.15) is 54.1 Å². The van der Waals surface area contributed by atoms with Gasteiger partial charge in [0.15, 0.2) is 0 Å². The number of anilines is 1. The van der Waals surface area contributed by atoms with E-state index in [4.69, 9.17) is 0 Å². The molecule has 182 valence electrons. The Labute approximate surface area is 204 Å². The van der Waals surface area contributed by atoms with Gasteiger partial charge in [0.25, 0.3) is 5.91 Å². The number of nitrogens with one attached hydrogen (secondary N) is 2. The molecule has 7 heteroatoms. The van der Waals surface area contributed by atoms with E-state index in [0.29, 0.717) is 17.3 Å². The number of hydrogen-bond acceptors (Lipinski definition) is 5. The highest BCUT2D eigenvalue weighted by molar-refractivity contribution is 5.94. The first-order valence-corrected chi connectivity index (χ1v) is 12.0. The van der Waals surface area contributed by atoms with Gasteiger partial charge >= 0.3 is 5.97 Å². The molecule has 0 spiro atoms. The molecule has 1 aromatic heterocycles. The number of rotatable bonds is 9. The molecule has 0 radical (unpaired) electrons. The minimum atomic E-state index is -0.369. The van der Waals surface area contributed by atoms with E-state index < -0.39 is 0 Å². The van der Waals surface area contributed by atoms with E-state index >= 15 is 0 Å². The molecule has 1 saturated carbocycles. The predicted molar refractivity (Wildman–Crippen MR) is 133 cm³/mol. The van der Waals surface area contributed by atoms with Gasteiger partial charge in [0.2, 0.25) is 0 Å². The summed E-state index contributed by atoms with van der Waals surface area (Å²) < 4.78 is 17.8. The van der Waals surface area contributed by atoms with E-state index in [2.05, 4.69) is 44.6 Å². The van der Waals surface area contributed by atoms with Crippen molar-refractivity contribution in [2.75, 3.05) is 19.0 Å². The Morgan fingerprint density at radius 2 is 1.66 bits per heavy atom. The summed E-state index contributed by atoms with van der Waals surface area (Å²) in [5, 5.41) is 6.28. The molecule has 1 heterocycles. The van der Waals surface area contributed by atoms with Crippen LogP contribution in [0, 0.1) is 11.7 Å². The van der Waals surface area contributed by atoms with Gasteiger partial charge in [-0.3, -0.25) is 9.59 Å². The van der Waals surface area contributed by atoms with Gasteiger partial charge < -0.3 is 15.4 Å². The van der Waals surface area contributed by atoms with Gasteiger partial charge in [-0.2, -0.15) is 0 Å². The maximum atomic E-state index is 13.3. The number of carbonyl (C=O) groups excluding carboxylic acids is 2. The third-order valence-corrected chi connectivity index (χ3v) is 6.49. The summed E-state index contributed by atoms with van der Waals surface area (Å²) in [6.07, 6.45) is 6.40. The van der Waals surface area contributed by atoms with Crippen LogP contribution in [0.15, 0.2) is 66.9 Å². The van der Waals surface area contributed by atoms with Crippen molar-refractivity contribution in [3.05, 3.63) is 83.8 Å². The lowest BCUT2D eigenvalue weighted by Gasteiger charge is -2.26. The minimum Gasteiger partial charge on any atom is -0.469 e. The third-order valence-electron chi connectivity index (χ3n) is 6.49. The third kappa shape index (κ3) is 6.44. The summed E-state index contributed by atoms with van der Waals surface area (Å²) in [5.74, 6) is 0.307. The molecule has 35 heavy (non-hydrogen) atoms. The molecule has 0 unspecified atom stereocenters. The Hall–Kier alpha value is -3.74. The van der Waals surface area contributed by atoms with Gasteiger partial charge in [-0.05, 0) is 59.7 Å². The maximum Gasteiger partial charge on any atom is 0.307 e. The van der Waals surface area contributed by atoms with Crippen molar-refractivity contribution in [3.63, 3.8) is 0 Å². The van der Waals surface area contributed by atoms with Crippen molar-refractivity contribution < 1.29 is 18.7 Å². The van der Waals surface area contributed by atoms with Crippen LogP contribution in [0.2, 0.25) is 0 Å². The molecule has 1 aliphatic rings. The Morgan fingerprint density at radius 1 is 1.00 bits per heavy atom. The average molecular weight is 476 g/mol. The van der Waals surface area contributed by atoms with Crippen LogP contribution >= 0.6 is 0 Å². The number of nitrogens with zero attached hydrogens (tertiary/aromatic N) is 1. The largest absolute Gasteiger partial charge is 0.469 e. The fourth-order valence-corrected chi connectivity index (χ4v) is 4.54. The Kier molecular flexibility index (Phi) is 8.08. The van der Waals surface area contributed by atoms with Crippen molar-refractivity contribution >= 4 is 17.7 Å². The smallest absolute Gasteiger partial charge is 0.307 e. The van der Waals surface area contributed by atoms with Crippen LogP contribution in [0.25, 0.3) is 11.1 Å². The van der Waals surface area contributed by atoms with Crippen LogP contribution in [-0.2, 0) is 9.53 Å². The number of amides is 1. The fraction of sp³-hybridized carbons (Fsp3) is 0.321. The van der Waals surface area contributed by atoms with Crippen molar-refractivity contribution in [1.29, 1.82) is 0 Å². The molecule has 0 bridgehead atoms. The lowest BCUT2D eigenvalue weighted by Crippen LogP contribution is -2.26. The monoisotopic (exact) mass is 475 g/mol. The predicted octanol–water partition coefficient (Wildman–Crippen LogP) is 5.52. The second-order valence-electron chi connectivity index (χ2n) is 8.81. The molecule has 1 amide bonds. The number of ether oxygens (including phenoxy) is 1. The number of hydrogen-bond donors (Lipinski definition) is 2. The van der Waals surface area contributed by atoms with Gasteiger partial charge in [0.05, 0.1) is 25.1 Å². The zero-order valence-corrected chi connectivity index (χ0v) is 19.8. The van der Waals surface area contributed by atoms with E-state index in [9.17, 15) is 14.0 Å². The standard InChI is InChI=1S/C28H30FN3O3/c1-35-26(33)16-17-30-28(34)23-12-15-25(31-18-23)32-27(21-4-2-3-5-21)22-8-6-19(7-9-22)20-10-13-24(29)14-11-20/h6-15,18,21,27H,2-5,16-17H2,1H3,(H,30,34)(H,31,32)/t27-/m1/s1. The highest BCUT2D eigenvalue weighted by Crippen LogP contribution is 2.38. The first-order chi connectivity index (χ1) is 17.0. The Bertz CT molecular complexity index is 1130. The zero-order valence-electron chi connectivity index (χ0n) is 19.8. The van der Waals surface area contributed by atoms with E-state index in [1.165, 1.54) is 37.6 Å². The normalized spacial score (nSPS) is 14.3. The molecule has 4 rings (SSSR count). The molecule has 2 N–H and O–H groups in total. The van der Waals surface area contributed by atoms with E-state index in [0.717, 1.165) is 24.0 Å². The van der Waals surface area contributed by atoms with E-state index in [-0.39, 0.29) is 36.7 Å². The van der Waals surface area contributed by atoms with Crippen molar-refractivity contribution in [1.82, 2.24) is 10.3 Å². The molecular weight excluding hydrogens is 445 g/mol. The summed E-state index contributed by atoms with van der Waals surface area (Å²) in [6, 6.07) is 18.5. The first-order valence-electron chi connectivity index (χ1n) is 12.0. The van der Waals surface area contributed by atoms with Crippen LogP contribution < -0.4 is 10.6 Å². The number of carbonyl (C=O) groups is 2. The highest BCUT2D eigenvalue weighted by Gasteiger charge is 2.26. The molecule has 0 aliphatic heterocycles. The fourth-order valence-electron chi connectivity index (χ4n) is 4.54. The molecular formula is C28H30FN3O3. The van der Waals surface area contributed by atoms with Crippen molar-refractivity contribution in [2.45, 2.75) is 38.1 Å². The highest BCUT2D eigenvalue weighted by atomic mass is 19.1. The van der Waals surface area contributed by atoms with Crippen LogP contribution in [0.3, 0.4) is 0 Å². The minimum absolute atomic E-state index is 0.104. The van der Waals surface area contributed by atoms with Gasteiger partial charge in [0.1, 0.15) is 11.6 Å². The number of halogens is 1. The quantitative estimate of drug-likeness (QED) is 0.398. The average Bonchev–Trinajstić information content (AvgIpc) is 3.43. The van der Waals surface area contributed by atoms with E-state index in [1.54, 1.807) is 24.4 Å². The number of pyridine rings is 1. The van der Waals surface area contributed by atoms with Crippen LogP contribution in [-0.4, -0.2) is 30.5 Å². The number of methoxy groups -OCH3 is 1.